The summed E-state index contributed by atoms with van der Waals surface area (Å²) in [4.78, 5) is 63.1. The van der Waals surface area contributed by atoms with Gasteiger partial charge in [0.25, 0.3) is 5.91 Å². The number of hydrogen-bond donors (Lipinski definition) is 2. The lowest BCUT2D eigenvalue weighted by Crippen LogP contribution is -2.57. The minimum absolute atomic E-state index is 0.0223. The fourth-order valence-corrected chi connectivity index (χ4v) is 10.4. The first kappa shape index (κ1) is 43.7. The Bertz CT molecular complexity index is 2210. The van der Waals surface area contributed by atoms with Gasteiger partial charge in [0.2, 0.25) is 27.9 Å². The maximum atomic E-state index is 14.9. The van der Waals surface area contributed by atoms with Gasteiger partial charge in [-0.3, -0.25) is 23.9 Å². The Balaban J connectivity index is 1.24. The molecule has 3 aliphatic heterocycles. The van der Waals surface area contributed by atoms with Gasteiger partial charge in [0.1, 0.15) is 28.7 Å². The molecule has 1 unspecified atom stereocenters. The van der Waals surface area contributed by atoms with Crippen molar-refractivity contribution in [2.24, 2.45) is 17.3 Å². The molecular formula is C43H55F3N4O9S. The van der Waals surface area contributed by atoms with E-state index >= 15 is 0 Å². The second kappa shape index (κ2) is 15.5. The number of hydrogen-bond acceptors (Lipinski definition) is 10. The van der Waals surface area contributed by atoms with Crippen LogP contribution in [0.4, 0.5) is 13.2 Å². The van der Waals surface area contributed by atoms with Crippen LogP contribution in [0.15, 0.2) is 30.4 Å². The predicted octanol–water partition coefficient (Wildman–Crippen LogP) is 6.14. The van der Waals surface area contributed by atoms with E-state index in [-0.39, 0.29) is 25.8 Å². The van der Waals surface area contributed by atoms with E-state index in [0.717, 1.165) is 16.5 Å². The highest BCUT2D eigenvalue weighted by molar-refractivity contribution is 7.91. The molecule has 2 aromatic rings. The van der Waals surface area contributed by atoms with Crippen LogP contribution in [-0.4, -0.2) is 89.9 Å². The number of pyridine rings is 1. The number of rotatable bonds is 7. The van der Waals surface area contributed by atoms with Crippen LogP contribution < -0.4 is 19.5 Å². The molecule has 3 amide bonds. The minimum Gasteiger partial charge on any atom is -0.497 e. The van der Waals surface area contributed by atoms with E-state index in [9.17, 15) is 40.8 Å². The van der Waals surface area contributed by atoms with Crippen LogP contribution in [0.2, 0.25) is 0 Å². The SMILES string of the molecule is COc1ccc2nc(C)c3c(c2c1)CC[C@]1(C[C@H]2C(=O)N[C@]4(C(=O)NS(=O)(=O)C5(C)CC5)C[C@H]4/C=C\CCCCC[C@H](CC(=O)OC(C(C)(C)C)C(F)(F)F)C(=O)N2C1)O3. The maximum absolute atomic E-state index is 14.9. The Morgan fingerprint density at radius 2 is 1.83 bits per heavy atom. The summed E-state index contributed by atoms with van der Waals surface area (Å²) in [5.41, 5.74) is -2.00. The molecule has 6 atom stereocenters. The number of ether oxygens (including phenoxy) is 3. The van der Waals surface area contributed by atoms with E-state index in [1.807, 2.05) is 30.4 Å². The van der Waals surface area contributed by atoms with Crippen LogP contribution in [0.3, 0.4) is 0 Å². The fourth-order valence-electron chi connectivity index (χ4n) is 9.04. The number of carbonyl (C=O) groups excluding carboxylic acids is 4. The number of halogens is 3. The molecule has 60 heavy (non-hydrogen) atoms. The topological polar surface area (TPSA) is 170 Å². The van der Waals surface area contributed by atoms with Crippen molar-refractivity contribution in [1.29, 1.82) is 0 Å². The van der Waals surface area contributed by atoms with Crippen molar-refractivity contribution < 1.29 is 55.0 Å². The number of carbonyl (C=O) groups is 4. The van der Waals surface area contributed by atoms with E-state index in [4.69, 9.17) is 19.2 Å². The highest BCUT2D eigenvalue weighted by atomic mass is 32.2. The summed E-state index contributed by atoms with van der Waals surface area (Å²) in [5, 5.41) is 3.70. The fraction of sp³-hybridized carbons (Fsp3) is 0.651. The van der Waals surface area contributed by atoms with E-state index < -0.39 is 91.6 Å². The zero-order valence-corrected chi connectivity index (χ0v) is 35.8. The number of esters is 1. The summed E-state index contributed by atoms with van der Waals surface area (Å²) in [6.45, 7) is 7.19. The number of aryl methyl sites for hydroxylation is 2. The smallest absolute Gasteiger partial charge is 0.426 e. The third-order valence-corrected chi connectivity index (χ3v) is 15.2. The van der Waals surface area contributed by atoms with E-state index in [1.54, 1.807) is 21.0 Å². The Morgan fingerprint density at radius 3 is 2.50 bits per heavy atom. The molecular weight excluding hydrogens is 806 g/mol. The van der Waals surface area contributed by atoms with Crippen molar-refractivity contribution in [3.8, 4) is 11.5 Å². The first-order valence-corrected chi connectivity index (χ1v) is 22.3. The van der Waals surface area contributed by atoms with Crippen LogP contribution in [0, 0.1) is 24.2 Å². The van der Waals surface area contributed by atoms with Crippen LogP contribution in [0.1, 0.15) is 110 Å². The normalized spacial score (nSPS) is 29.1. The molecule has 1 saturated heterocycles. The lowest BCUT2D eigenvalue weighted by atomic mass is 9.87. The number of aromatic nitrogens is 1. The number of allylic oxidation sites excluding steroid dienone is 1. The average molecular weight is 861 g/mol. The van der Waals surface area contributed by atoms with Gasteiger partial charge in [0.05, 0.1) is 36.0 Å². The number of fused-ring (bicyclic) bond motifs is 5. The van der Waals surface area contributed by atoms with Crippen LogP contribution >= 0.6 is 0 Å². The number of benzene rings is 1. The van der Waals surface area contributed by atoms with E-state index in [2.05, 4.69) is 10.0 Å². The molecule has 2 saturated carbocycles. The van der Waals surface area contributed by atoms with Crippen molar-refractivity contribution >= 4 is 44.6 Å². The highest BCUT2D eigenvalue weighted by Gasteiger charge is 2.64. The highest BCUT2D eigenvalue weighted by Crippen LogP contribution is 2.49. The van der Waals surface area contributed by atoms with E-state index in [0.29, 0.717) is 68.6 Å². The Hall–Kier alpha value is -4.41. The molecule has 13 nitrogen and oxygen atoms in total. The van der Waals surface area contributed by atoms with Gasteiger partial charge >= 0.3 is 12.1 Å². The molecule has 1 aromatic heterocycles. The van der Waals surface area contributed by atoms with E-state index in [1.165, 1.54) is 25.7 Å². The minimum atomic E-state index is -4.85. The zero-order valence-electron chi connectivity index (χ0n) is 35.0. The quantitative estimate of drug-likeness (QED) is 0.244. The third kappa shape index (κ3) is 8.43. The van der Waals surface area contributed by atoms with Crippen molar-refractivity contribution in [1.82, 2.24) is 19.9 Å². The van der Waals surface area contributed by atoms with Crippen molar-refractivity contribution in [3.63, 3.8) is 0 Å². The predicted molar refractivity (Wildman–Crippen MR) is 214 cm³/mol. The Kier molecular flexibility index (Phi) is 11.3. The molecule has 7 rings (SSSR count). The molecule has 4 heterocycles. The van der Waals surface area contributed by atoms with Gasteiger partial charge in [0.15, 0.2) is 0 Å². The van der Waals surface area contributed by atoms with Gasteiger partial charge in [-0.1, -0.05) is 45.8 Å². The summed E-state index contributed by atoms with van der Waals surface area (Å²) in [7, 11) is -2.50. The van der Waals surface area contributed by atoms with Crippen LogP contribution in [0.25, 0.3) is 10.9 Å². The van der Waals surface area contributed by atoms with Crippen molar-refractivity contribution in [2.45, 2.75) is 146 Å². The van der Waals surface area contributed by atoms with Gasteiger partial charge < -0.3 is 24.4 Å². The van der Waals surface area contributed by atoms with Gasteiger partial charge in [0, 0.05) is 34.6 Å². The van der Waals surface area contributed by atoms with Crippen LogP contribution in [0.5, 0.6) is 11.5 Å². The molecule has 17 heteroatoms. The molecule has 2 aliphatic carbocycles. The summed E-state index contributed by atoms with van der Waals surface area (Å²) < 4.78 is 87.3. The molecule has 328 valence electrons. The van der Waals surface area contributed by atoms with Crippen molar-refractivity contribution in [3.05, 3.63) is 41.6 Å². The number of sulfonamides is 1. The van der Waals surface area contributed by atoms with Gasteiger partial charge in [-0.25, -0.2) is 13.4 Å². The average Bonchev–Trinajstić information content (AvgIpc) is 4.06. The first-order valence-electron chi connectivity index (χ1n) is 20.8. The standard InChI is InChI=1S/C43H55F3N4O9S/c1-25-34-29(30-21-28(57-6)14-15-31(30)47-25)16-17-41(59-34)23-32-35(52)48-42(38(54)49-60(55,56)40(5)18-19-40)22-27(42)13-11-9-7-8-10-12-26(36(53)50(32)24-41)20-33(51)58-37(39(2,3)4)43(44,45)46/h11,13-15,21,26-27,32,37H,7-10,12,16-20,22-24H2,1-6H3,(H,48,52)(H,49,54)/b13-11-/t26-,27-,32+,37?,41-,42-/m1/s1. The third-order valence-electron chi connectivity index (χ3n) is 13.0. The molecule has 1 aromatic carbocycles. The van der Waals surface area contributed by atoms with Gasteiger partial charge in [-0.15, -0.1) is 0 Å². The van der Waals surface area contributed by atoms with Crippen molar-refractivity contribution in [2.75, 3.05) is 13.7 Å². The lowest BCUT2D eigenvalue weighted by Gasteiger charge is -2.37. The molecule has 3 fully saturated rings. The molecule has 5 aliphatic rings. The molecule has 0 bridgehead atoms. The maximum Gasteiger partial charge on any atom is 0.426 e. The number of nitrogens with zero attached hydrogens (tertiary/aromatic N) is 2. The summed E-state index contributed by atoms with van der Waals surface area (Å²) in [6, 6.07) is 4.29. The summed E-state index contributed by atoms with van der Waals surface area (Å²) in [6.07, 6.45) is 0.00601. The summed E-state index contributed by atoms with van der Waals surface area (Å²) in [5.74, 6) is -3.91. The summed E-state index contributed by atoms with van der Waals surface area (Å²) >= 11 is 0. The Labute approximate surface area is 348 Å². The second-order valence-corrected chi connectivity index (χ2v) is 21.0. The molecule has 1 spiro atoms. The number of alkyl halides is 3. The van der Waals surface area contributed by atoms with Crippen LogP contribution in [-0.2, 0) is 40.4 Å². The number of amides is 3. The first-order chi connectivity index (χ1) is 28.0. The zero-order chi connectivity index (χ0) is 43.6. The molecule has 2 N–H and O–H groups in total. The van der Waals surface area contributed by atoms with Gasteiger partial charge in [-0.2, -0.15) is 13.2 Å². The number of nitrogens with one attached hydrogen (secondary N) is 2. The second-order valence-electron chi connectivity index (χ2n) is 18.8. The lowest BCUT2D eigenvalue weighted by molar-refractivity contribution is -0.245. The molecule has 0 radical (unpaired) electrons. The number of methoxy groups -OCH3 is 1. The largest absolute Gasteiger partial charge is 0.497 e. The van der Waals surface area contributed by atoms with Gasteiger partial charge in [-0.05, 0) is 83.4 Å². The Morgan fingerprint density at radius 1 is 1.10 bits per heavy atom. The monoisotopic (exact) mass is 860 g/mol.